The first-order valence-corrected chi connectivity index (χ1v) is 17.5. The molecular weight excluding hydrogens is 557 g/mol. The normalized spacial score (nSPS) is 12.7. The highest BCUT2D eigenvalue weighted by Crippen LogP contribution is 2.56. The van der Waals surface area contributed by atoms with Crippen LogP contribution in [-0.4, -0.2) is 24.1 Å². The Bertz CT molecular complexity index is 1400. The quantitative estimate of drug-likeness (QED) is 0.0774. The molecule has 1 N–H and O–H groups in total. The summed E-state index contributed by atoms with van der Waals surface area (Å²) < 4.78 is 5.97. The molecule has 0 unspecified atom stereocenters. The van der Waals surface area contributed by atoms with Crippen molar-refractivity contribution in [2.75, 3.05) is 19.0 Å². The molecule has 4 aromatic carbocycles. The van der Waals surface area contributed by atoms with Crippen LogP contribution in [-0.2, 0) is 16.6 Å². The van der Waals surface area contributed by atoms with Gasteiger partial charge in [0.25, 0.3) is 0 Å². The van der Waals surface area contributed by atoms with Gasteiger partial charge in [0.05, 0.1) is 17.8 Å². The van der Waals surface area contributed by atoms with Gasteiger partial charge in [-0.15, -0.1) is 11.8 Å². The lowest BCUT2D eigenvalue weighted by molar-refractivity contribution is 0.191. The number of thioether (sulfide) groups is 1. The number of hydrogen-bond acceptors (Lipinski definition) is 3. The zero-order chi connectivity index (χ0) is 31.4. The molecule has 0 aliphatic heterocycles. The summed E-state index contributed by atoms with van der Waals surface area (Å²) in [6.45, 7) is 13.8. The zero-order valence-corrected chi connectivity index (χ0v) is 28.0. The predicted octanol–water partition coefficient (Wildman–Crippen LogP) is 10.8. The maximum absolute atomic E-state index is 9.31. The molecule has 1 aliphatic rings. The van der Waals surface area contributed by atoms with Crippen molar-refractivity contribution in [1.29, 1.82) is 0 Å². The van der Waals surface area contributed by atoms with Gasteiger partial charge in [0, 0.05) is 23.2 Å². The number of benzene rings is 4. The number of unbranched alkanes of at least 4 members (excludes halogenated alkanes) is 1. The summed E-state index contributed by atoms with van der Waals surface area (Å²) >= 11 is 1.83. The monoisotopic (exact) mass is 606 g/mol. The maximum Gasteiger partial charge on any atom is 0.0971 e. The van der Waals surface area contributed by atoms with Crippen LogP contribution in [0.25, 0.3) is 11.1 Å². The van der Waals surface area contributed by atoms with Gasteiger partial charge in [-0.25, -0.2) is 0 Å². The van der Waals surface area contributed by atoms with Gasteiger partial charge in [0.2, 0.25) is 0 Å². The molecule has 0 spiro atoms. The fourth-order valence-electron chi connectivity index (χ4n) is 6.22. The third-order valence-corrected chi connectivity index (χ3v) is 9.81. The van der Waals surface area contributed by atoms with Crippen LogP contribution in [0.15, 0.2) is 114 Å². The molecule has 2 nitrogen and oxygen atoms in total. The van der Waals surface area contributed by atoms with Crippen molar-refractivity contribution in [3.05, 3.63) is 137 Å². The SMILES string of the molecule is C=C(OCCSc1ccc(C2(c3ccc(CCCO)cc3)c3ccccc3-c3ccccc32)cc1)C(CC)CC.CCCC. The molecule has 0 bridgehead atoms. The van der Waals surface area contributed by atoms with Crippen molar-refractivity contribution in [1.82, 2.24) is 0 Å². The van der Waals surface area contributed by atoms with Crippen LogP contribution in [0.2, 0.25) is 0 Å². The van der Waals surface area contributed by atoms with Crippen LogP contribution in [0.3, 0.4) is 0 Å². The number of hydrogen-bond donors (Lipinski definition) is 1. The Labute approximate surface area is 270 Å². The van der Waals surface area contributed by atoms with Gasteiger partial charge in [-0.3, -0.25) is 0 Å². The molecule has 0 saturated carbocycles. The largest absolute Gasteiger partial charge is 0.497 e. The van der Waals surface area contributed by atoms with E-state index in [-0.39, 0.29) is 12.0 Å². The molecule has 5 rings (SSSR count). The van der Waals surface area contributed by atoms with Crippen LogP contribution in [0.1, 0.15) is 87.6 Å². The maximum atomic E-state index is 9.31. The summed E-state index contributed by atoms with van der Waals surface area (Å²) in [5.74, 6) is 2.26. The summed E-state index contributed by atoms with van der Waals surface area (Å²) in [6.07, 6.45) is 6.45. The third kappa shape index (κ3) is 7.33. The number of aliphatic hydroxyl groups excluding tert-OH is 1. The number of fused-ring (bicyclic) bond motifs is 3. The highest BCUT2D eigenvalue weighted by molar-refractivity contribution is 7.99. The van der Waals surface area contributed by atoms with Crippen molar-refractivity contribution in [2.45, 2.75) is 76.5 Å². The van der Waals surface area contributed by atoms with Gasteiger partial charge in [-0.1, -0.05) is 132 Å². The van der Waals surface area contributed by atoms with E-state index in [2.05, 4.69) is 131 Å². The summed E-state index contributed by atoms with van der Waals surface area (Å²) in [5.41, 5.74) is 8.67. The van der Waals surface area contributed by atoms with Crippen LogP contribution in [0.5, 0.6) is 0 Å². The van der Waals surface area contributed by atoms with E-state index in [9.17, 15) is 5.11 Å². The Kier molecular flexibility index (Phi) is 12.8. The molecule has 232 valence electrons. The lowest BCUT2D eigenvalue weighted by Crippen LogP contribution is -2.28. The number of aliphatic hydroxyl groups is 1. The molecule has 0 heterocycles. The van der Waals surface area contributed by atoms with Crippen LogP contribution in [0, 0.1) is 5.92 Å². The minimum Gasteiger partial charge on any atom is -0.497 e. The van der Waals surface area contributed by atoms with Crippen molar-refractivity contribution in [2.24, 2.45) is 5.92 Å². The number of aryl methyl sites for hydroxylation is 1. The van der Waals surface area contributed by atoms with Crippen LogP contribution < -0.4 is 0 Å². The van der Waals surface area contributed by atoms with Gasteiger partial charge < -0.3 is 9.84 Å². The van der Waals surface area contributed by atoms with E-state index < -0.39 is 0 Å². The highest BCUT2D eigenvalue weighted by atomic mass is 32.2. The van der Waals surface area contributed by atoms with E-state index >= 15 is 0 Å². The Morgan fingerprint density at radius 2 is 1.27 bits per heavy atom. The molecule has 0 aromatic heterocycles. The minimum atomic E-state index is -0.387. The molecule has 4 aromatic rings. The Balaban J connectivity index is 0.00000104. The van der Waals surface area contributed by atoms with Crippen LogP contribution >= 0.6 is 11.8 Å². The topological polar surface area (TPSA) is 29.5 Å². The summed E-state index contributed by atoms with van der Waals surface area (Å²) in [5, 5.41) is 9.31. The van der Waals surface area contributed by atoms with E-state index in [0.717, 1.165) is 37.2 Å². The number of rotatable bonds is 14. The lowest BCUT2D eigenvalue weighted by Gasteiger charge is -2.34. The van der Waals surface area contributed by atoms with Crippen molar-refractivity contribution in [3.8, 4) is 11.1 Å². The Hall–Kier alpha value is -3.27. The van der Waals surface area contributed by atoms with E-state index in [0.29, 0.717) is 12.5 Å². The molecule has 1 aliphatic carbocycles. The van der Waals surface area contributed by atoms with Crippen molar-refractivity contribution < 1.29 is 9.84 Å². The van der Waals surface area contributed by atoms with Gasteiger partial charge in [-0.2, -0.15) is 0 Å². The Morgan fingerprint density at radius 3 is 1.77 bits per heavy atom. The summed E-state index contributed by atoms with van der Waals surface area (Å²) in [6, 6.07) is 35.9. The second kappa shape index (κ2) is 16.7. The first-order valence-electron chi connectivity index (χ1n) is 16.5. The number of allylic oxidation sites excluding steroid dienone is 1. The molecule has 0 amide bonds. The molecule has 0 radical (unpaired) electrons. The van der Waals surface area contributed by atoms with E-state index in [1.54, 1.807) is 0 Å². The molecule has 0 saturated heterocycles. The first kappa shape index (κ1) is 33.6. The third-order valence-electron chi connectivity index (χ3n) is 8.83. The van der Waals surface area contributed by atoms with Crippen molar-refractivity contribution in [3.63, 3.8) is 0 Å². The lowest BCUT2D eigenvalue weighted by atomic mass is 9.67. The second-order valence-electron chi connectivity index (χ2n) is 11.6. The fraction of sp³-hybridized carbons (Fsp3) is 0.366. The van der Waals surface area contributed by atoms with Crippen LogP contribution in [0.4, 0.5) is 0 Å². The summed E-state index contributed by atoms with van der Waals surface area (Å²) in [4.78, 5) is 1.24. The molecule has 0 atom stereocenters. The highest BCUT2D eigenvalue weighted by Gasteiger charge is 2.45. The average molecular weight is 607 g/mol. The van der Waals surface area contributed by atoms with Gasteiger partial charge >= 0.3 is 0 Å². The Morgan fingerprint density at radius 1 is 0.750 bits per heavy atom. The summed E-state index contributed by atoms with van der Waals surface area (Å²) in [7, 11) is 0. The molecule has 3 heteroatoms. The van der Waals surface area contributed by atoms with Crippen molar-refractivity contribution >= 4 is 11.8 Å². The molecular formula is C41H50O2S. The van der Waals surface area contributed by atoms with Gasteiger partial charge in [-0.05, 0) is 76.8 Å². The average Bonchev–Trinajstić information content (AvgIpc) is 3.38. The van der Waals surface area contributed by atoms with Gasteiger partial charge in [0.1, 0.15) is 0 Å². The minimum absolute atomic E-state index is 0.218. The zero-order valence-electron chi connectivity index (χ0n) is 27.1. The first-order chi connectivity index (χ1) is 21.5. The van der Waals surface area contributed by atoms with E-state index in [1.165, 1.54) is 56.7 Å². The molecule has 0 fully saturated rings. The molecule has 44 heavy (non-hydrogen) atoms. The fourth-order valence-corrected chi connectivity index (χ4v) is 6.95. The predicted molar refractivity (Wildman–Crippen MR) is 190 cm³/mol. The van der Waals surface area contributed by atoms with E-state index in [4.69, 9.17) is 4.74 Å². The van der Waals surface area contributed by atoms with E-state index in [1.807, 2.05) is 11.8 Å². The van der Waals surface area contributed by atoms with Gasteiger partial charge in [0.15, 0.2) is 0 Å². The standard InChI is InChI=1S/C37H40O2S.C4H10/c1-4-29(5-2)27(3)39-25-26-40-32-22-20-31(21-23-32)37(30-18-16-28(17-19-30)11-10-24-38)35-14-8-6-12-33(35)34-13-7-9-15-36(34)37;1-3-4-2/h6-9,12-23,29,38H,3-5,10-11,24-26H2,1-2H3;3-4H2,1-2H3. The number of ether oxygens (including phenoxy) is 1. The smallest absolute Gasteiger partial charge is 0.0971 e. The second-order valence-corrected chi connectivity index (χ2v) is 12.7.